The molecule has 1 aliphatic rings. The van der Waals surface area contributed by atoms with Gasteiger partial charge in [-0.3, -0.25) is 14.6 Å². The Morgan fingerprint density at radius 3 is 2.36 bits per heavy atom. The summed E-state index contributed by atoms with van der Waals surface area (Å²) >= 11 is 0. The average molecular weight is 304 g/mol. The molecular formula is C17H24N2O3. The highest BCUT2D eigenvalue weighted by Crippen LogP contribution is 2.24. The molecule has 1 N–H and O–H groups in total. The van der Waals surface area contributed by atoms with E-state index in [1.54, 1.807) is 36.4 Å². The number of rotatable bonds is 5. The summed E-state index contributed by atoms with van der Waals surface area (Å²) in [6.07, 6.45) is 9.72. The van der Waals surface area contributed by atoms with E-state index in [0.717, 1.165) is 25.7 Å². The van der Waals surface area contributed by atoms with Crippen LogP contribution in [0.3, 0.4) is 0 Å². The van der Waals surface area contributed by atoms with Gasteiger partial charge in [0.15, 0.2) is 0 Å². The number of amides is 1. The van der Waals surface area contributed by atoms with Gasteiger partial charge in [-0.1, -0.05) is 32.6 Å². The van der Waals surface area contributed by atoms with Crippen molar-refractivity contribution in [2.75, 3.05) is 6.54 Å². The Bertz CT molecular complexity index is 496. The molecule has 1 aromatic heterocycles. The lowest BCUT2D eigenvalue weighted by molar-refractivity contribution is -0.141. The highest BCUT2D eigenvalue weighted by molar-refractivity contribution is 5.94. The van der Waals surface area contributed by atoms with E-state index < -0.39 is 11.9 Å². The van der Waals surface area contributed by atoms with Gasteiger partial charge in [-0.25, -0.2) is 0 Å². The van der Waals surface area contributed by atoms with Crippen LogP contribution in [-0.2, 0) is 4.79 Å². The van der Waals surface area contributed by atoms with Crippen LogP contribution in [0.25, 0.3) is 0 Å². The number of carbonyl (C=O) groups excluding carboxylic acids is 1. The second kappa shape index (κ2) is 7.92. The molecule has 2 rings (SSSR count). The van der Waals surface area contributed by atoms with E-state index in [9.17, 15) is 14.7 Å². The van der Waals surface area contributed by atoms with Crippen molar-refractivity contribution in [1.29, 1.82) is 0 Å². The lowest BCUT2D eigenvalue weighted by Gasteiger charge is -2.32. The van der Waals surface area contributed by atoms with E-state index in [4.69, 9.17) is 0 Å². The van der Waals surface area contributed by atoms with Crippen LogP contribution in [0.4, 0.5) is 0 Å². The van der Waals surface area contributed by atoms with E-state index in [0.29, 0.717) is 5.56 Å². The first-order chi connectivity index (χ1) is 10.6. The molecule has 0 bridgehead atoms. The van der Waals surface area contributed by atoms with Gasteiger partial charge in [0.25, 0.3) is 5.91 Å². The standard InChI is InChI=1S/C17H24N2O3/c1-13(17(21)22)12-19(15-6-4-2-3-5-7-15)16(20)14-8-10-18-11-9-14/h8-11,13,15H,2-7,12H2,1H3,(H,21,22). The third-order valence-electron chi connectivity index (χ3n) is 4.35. The van der Waals surface area contributed by atoms with Crippen molar-refractivity contribution in [1.82, 2.24) is 9.88 Å². The van der Waals surface area contributed by atoms with Crippen LogP contribution in [0.2, 0.25) is 0 Å². The number of hydrogen-bond acceptors (Lipinski definition) is 3. The molecule has 5 heteroatoms. The van der Waals surface area contributed by atoms with E-state index in [-0.39, 0.29) is 18.5 Å². The number of nitrogens with zero attached hydrogens (tertiary/aromatic N) is 2. The molecule has 1 fully saturated rings. The summed E-state index contributed by atoms with van der Waals surface area (Å²) in [4.78, 5) is 29.7. The third-order valence-corrected chi connectivity index (χ3v) is 4.35. The Balaban J connectivity index is 2.19. The Morgan fingerprint density at radius 2 is 1.82 bits per heavy atom. The zero-order valence-electron chi connectivity index (χ0n) is 13.1. The summed E-state index contributed by atoms with van der Waals surface area (Å²) < 4.78 is 0. The number of aliphatic carboxylic acids is 1. The van der Waals surface area contributed by atoms with Crippen LogP contribution in [-0.4, -0.2) is 39.5 Å². The molecule has 0 spiro atoms. The van der Waals surface area contributed by atoms with Crippen molar-refractivity contribution in [2.24, 2.45) is 5.92 Å². The van der Waals surface area contributed by atoms with Gasteiger partial charge in [0, 0.05) is 30.5 Å². The van der Waals surface area contributed by atoms with E-state index in [1.165, 1.54) is 12.8 Å². The minimum atomic E-state index is -0.860. The zero-order valence-corrected chi connectivity index (χ0v) is 13.1. The number of carboxylic acids is 1. The number of pyridine rings is 1. The molecular weight excluding hydrogens is 280 g/mol. The van der Waals surface area contributed by atoms with Crippen molar-refractivity contribution in [3.8, 4) is 0 Å². The predicted molar refractivity (Wildman–Crippen MR) is 83.6 cm³/mol. The van der Waals surface area contributed by atoms with Gasteiger partial charge in [-0.15, -0.1) is 0 Å². The Morgan fingerprint density at radius 1 is 1.23 bits per heavy atom. The number of hydrogen-bond donors (Lipinski definition) is 1. The molecule has 0 radical (unpaired) electrons. The van der Waals surface area contributed by atoms with Crippen molar-refractivity contribution >= 4 is 11.9 Å². The zero-order chi connectivity index (χ0) is 15.9. The summed E-state index contributed by atoms with van der Waals surface area (Å²) in [6, 6.07) is 3.53. The van der Waals surface area contributed by atoms with Crippen LogP contribution in [0.1, 0.15) is 55.8 Å². The fourth-order valence-corrected chi connectivity index (χ4v) is 3.00. The van der Waals surface area contributed by atoms with Crippen LogP contribution in [0, 0.1) is 5.92 Å². The Labute approximate surface area is 131 Å². The van der Waals surface area contributed by atoms with Crippen LogP contribution >= 0.6 is 0 Å². The van der Waals surface area contributed by atoms with Gasteiger partial charge in [0.2, 0.25) is 0 Å². The smallest absolute Gasteiger partial charge is 0.308 e. The summed E-state index contributed by atoms with van der Waals surface area (Å²) in [5, 5.41) is 9.19. The molecule has 0 aromatic carbocycles. The molecule has 1 saturated carbocycles. The Kier molecular flexibility index (Phi) is 5.92. The maximum Gasteiger partial charge on any atom is 0.308 e. The number of carbonyl (C=O) groups is 2. The maximum atomic E-state index is 12.8. The fourth-order valence-electron chi connectivity index (χ4n) is 3.00. The molecule has 1 aliphatic carbocycles. The van der Waals surface area contributed by atoms with Crippen molar-refractivity contribution in [3.05, 3.63) is 30.1 Å². The summed E-state index contributed by atoms with van der Waals surface area (Å²) in [7, 11) is 0. The number of carboxylic acid groups (broad SMARTS) is 1. The van der Waals surface area contributed by atoms with Crippen molar-refractivity contribution in [3.63, 3.8) is 0 Å². The highest BCUT2D eigenvalue weighted by Gasteiger charge is 2.28. The lowest BCUT2D eigenvalue weighted by atomic mass is 10.0. The summed E-state index contributed by atoms with van der Waals surface area (Å²) in [5.41, 5.74) is 0.580. The monoisotopic (exact) mass is 304 g/mol. The maximum absolute atomic E-state index is 12.8. The topological polar surface area (TPSA) is 70.5 Å². The molecule has 1 unspecified atom stereocenters. The van der Waals surface area contributed by atoms with Gasteiger partial charge in [-0.2, -0.15) is 0 Å². The molecule has 120 valence electrons. The van der Waals surface area contributed by atoms with Crippen LogP contribution in [0.5, 0.6) is 0 Å². The molecule has 1 aromatic rings. The second-order valence-electron chi connectivity index (χ2n) is 6.08. The van der Waals surface area contributed by atoms with Crippen LogP contribution < -0.4 is 0 Å². The lowest BCUT2D eigenvalue weighted by Crippen LogP contribution is -2.44. The summed E-state index contributed by atoms with van der Waals surface area (Å²) in [6.45, 7) is 1.92. The molecule has 0 aliphatic heterocycles. The molecule has 5 nitrogen and oxygen atoms in total. The average Bonchev–Trinajstić information content (AvgIpc) is 2.81. The van der Waals surface area contributed by atoms with Gasteiger partial charge >= 0.3 is 5.97 Å². The number of aromatic nitrogens is 1. The molecule has 1 amide bonds. The minimum absolute atomic E-state index is 0.0811. The Hall–Kier alpha value is -1.91. The van der Waals surface area contributed by atoms with Gasteiger partial charge in [-0.05, 0) is 25.0 Å². The van der Waals surface area contributed by atoms with Crippen LogP contribution in [0.15, 0.2) is 24.5 Å². The first-order valence-corrected chi connectivity index (χ1v) is 8.03. The minimum Gasteiger partial charge on any atom is -0.481 e. The molecule has 0 saturated heterocycles. The quantitative estimate of drug-likeness (QED) is 0.849. The van der Waals surface area contributed by atoms with E-state index >= 15 is 0 Å². The van der Waals surface area contributed by atoms with E-state index in [2.05, 4.69) is 4.98 Å². The molecule has 1 atom stereocenters. The molecule has 1 heterocycles. The summed E-state index contributed by atoms with van der Waals surface area (Å²) in [5.74, 6) is -1.50. The fraction of sp³-hybridized carbons (Fsp3) is 0.588. The van der Waals surface area contributed by atoms with Crippen molar-refractivity contribution in [2.45, 2.75) is 51.5 Å². The van der Waals surface area contributed by atoms with Gasteiger partial charge in [0.1, 0.15) is 0 Å². The molecule has 22 heavy (non-hydrogen) atoms. The predicted octanol–water partition coefficient (Wildman–Crippen LogP) is 2.97. The van der Waals surface area contributed by atoms with E-state index in [1.807, 2.05) is 0 Å². The van der Waals surface area contributed by atoms with Gasteiger partial charge < -0.3 is 10.0 Å². The van der Waals surface area contributed by atoms with Gasteiger partial charge in [0.05, 0.1) is 5.92 Å². The normalized spacial score (nSPS) is 17.5. The van der Waals surface area contributed by atoms with Crippen molar-refractivity contribution < 1.29 is 14.7 Å². The highest BCUT2D eigenvalue weighted by atomic mass is 16.4. The SMILES string of the molecule is CC(CN(C(=O)c1ccncc1)C1CCCCCC1)C(=O)O. The first kappa shape index (κ1) is 16.5. The largest absolute Gasteiger partial charge is 0.481 e. The second-order valence-corrected chi connectivity index (χ2v) is 6.08. The first-order valence-electron chi connectivity index (χ1n) is 8.03. The third kappa shape index (κ3) is 4.29.